The summed E-state index contributed by atoms with van der Waals surface area (Å²) in [6, 6.07) is 7.37. The SMILES string of the molecule is CN(CCCCCO)C(=O)c1ccc(CCl)cc1. The Hall–Kier alpha value is -1.06. The first-order valence-corrected chi connectivity index (χ1v) is 6.73. The molecule has 0 bridgehead atoms. The molecule has 0 aromatic heterocycles. The van der Waals surface area contributed by atoms with Crippen LogP contribution in [0.1, 0.15) is 35.2 Å². The van der Waals surface area contributed by atoms with Gasteiger partial charge < -0.3 is 10.0 Å². The molecule has 3 nitrogen and oxygen atoms in total. The summed E-state index contributed by atoms with van der Waals surface area (Å²) in [6.45, 7) is 0.938. The lowest BCUT2D eigenvalue weighted by Gasteiger charge is -2.17. The minimum Gasteiger partial charge on any atom is -0.396 e. The molecule has 0 spiro atoms. The predicted molar refractivity (Wildman–Crippen MR) is 73.9 cm³/mol. The van der Waals surface area contributed by atoms with Gasteiger partial charge in [0.2, 0.25) is 0 Å². The molecule has 0 aliphatic carbocycles. The van der Waals surface area contributed by atoms with Gasteiger partial charge in [-0.2, -0.15) is 0 Å². The van der Waals surface area contributed by atoms with Gasteiger partial charge >= 0.3 is 0 Å². The molecule has 4 heteroatoms. The van der Waals surface area contributed by atoms with E-state index >= 15 is 0 Å². The van der Waals surface area contributed by atoms with E-state index in [9.17, 15) is 4.79 Å². The van der Waals surface area contributed by atoms with Crippen molar-refractivity contribution in [3.05, 3.63) is 35.4 Å². The maximum atomic E-state index is 12.1. The van der Waals surface area contributed by atoms with E-state index in [1.54, 1.807) is 11.9 Å². The Morgan fingerprint density at radius 3 is 2.44 bits per heavy atom. The van der Waals surface area contributed by atoms with Crippen LogP contribution in [0.3, 0.4) is 0 Å². The summed E-state index contributed by atoms with van der Waals surface area (Å²) < 4.78 is 0. The normalized spacial score (nSPS) is 10.4. The quantitative estimate of drug-likeness (QED) is 0.611. The van der Waals surface area contributed by atoms with Gasteiger partial charge in [0.05, 0.1) is 0 Å². The standard InChI is InChI=1S/C14H20ClNO2/c1-16(9-3-2-4-10-17)14(18)13-7-5-12(11-15)6-8-13/h5-8,17H,2-4,9-11H2,1H3. The highest BCUT2D eigenvalue weighted by Gasteiger charge is 2.10. The van der Waals surface area contributed by atoms with Crippen molar-refractivity contribution in [2.75, 3.05) is 20.2 Å². The lowest BCUT2D eigenvalue weighted by molar-refractivity contribution is 0.0792. The van der Waals surface area contributed by atoms with Crippen molar-refractivity contribution in [1.82, 2.24) is 4.90 Å². The summed E-state index contributed by atoms with van der Waals surface area (Å²) in [6.07, 6.45) is 2.66. The number of aliphatic hydroxyl groups is 1. The van der Waals surface area contributed by atoms with Gasteiger partial charge in [-0.05, 0) is 37.0 Å². The highest BCUT2D eigenvalue weighted by Crippen LogP contribution is 2.09. The number of benzene rings is 1. The minimum absolute atomic E-state index is 0.0279. The van der Waals surface area contributed by atoms with Gasteiger partial charge in [0.1, 0.15) is 0 Å². The van der Waals surface area contributed by atoms with Crippen molar-refractivity contribution in [2.45, 2.75) is 25.1 Å². The average Bonchev–Trinajstić information content (AvgIpc) is 2.42. The Kier molecular flexibility index (Phi) is 6.76. The zero-order valence-corrected chi connectivity index (χ0v) is 11.5. The van der Waals surface area contributed by atoms with Crippen LogP contribution in [0, 0.1) is 0 Å². The number of unbranched alkanes of at least 4 members (excludes halogenated alkanes) is 2. The Balaban J connectivity index is 2.46. The number of nitrogens with zero attached hydrogens (tertiary/aromatic N) is 1. The Bertz CT molecular complexity index is 365. The Morgan fingerprint density at radius 1 is 1.22 bits per heavy atom. The Morgan fingerprint density at radius 2 is 1.89 bits per heavy atom. The van der Waals surface area contributed by atoms with Crippen LogP contribution >= 0.6 is 11.6 Å². The van der Waals surface area contributed by atoms with Crippen molar-refractivity contribution in [3.8, 4) is 0 Å². The number of hydrogen-bond donors (Lipinski definition) is 1. The number of hydrogen-bond acceptors (Lipinski definition) is 2. The van der Waals surface area contributed by atoms with Crippen LogP contribution in [0.25, 0.3) is 0 Å². The molecule has 1 amide bonds. The fourth-order valence-corrected chi connectivity index (χ4v) is 1.87. The minimum atomic E-state index is 0.0279. The van der Waals surface area contributed by atoms with Crippen LogP contribution in [0.15, 0.2) is 24.3 Å². The van der Waals surface area contributed by atoms with Gasteiger partial charge in [0.25, 0.3) is 5.91 Å². The van der Waals surface area contributed by atoms with E-state index in [4.69, 9.17) is 16.7 Å². The molecule has 0 saturated carbocycles. The zero-order valence-electron chi connectivity index (χ0n) is 10.7. The van der Waals surface area contributed by atoms with E-state index in [1.165, 1.54) is 0 Å². The van der Waals surface area contributed by atoms with Crippen LogP contribution in [0.4, 0.5) is 0 Å². The van der Waals surface area contributed by atoms with Gasteiger partial charge in [-0.25, -0.2) is 0 Å². The summed E-state index contributed by atoms with van der Waals surface area (Å²) in [4.78, 5) is 13.8. The van der Waals surface area contributed by atoms with Gasteiger partial charge in [0.15, 0.2) is 0 Å². The van der Waals surface area contributed by atoms with Crippen molar-refractivity contribution in [1.29, 1.82) is 0 Å². The molecule has 1 aromatic carbocycles. The molecule has 0 aliphatic heterocycles. The number of rotatable bonds is 7. The lowest BCUT2D eigenvalue weighted by Crippen LogP contribution is -2.27. The number of halogens is 1. The molecule has 0 fully saturated rings. The average molecular weight is 270 g/mol. The predicted octanol–water partition coefficient (Wildman–Crippen LogP) is 2.66. The van der Waals surface area contributed by atoms with E-state index in [1.807, 2.05) is 24.3 Å². The summed E-state index contributed by atoms with van der Waals surface area (Å²) in [7, 11) is 1.80. The second kappa shape index (κ2) is 8.11. The molecule has 0 heterocycles. The number of amides is 1. The Labute approximate surface area is 113 Å². The zero-order chi connectivity index (χ0) is 13.4. The fourth-order valence-electron chi connectivity index (χ4n) is 1.70. The monoisotopic (exact) mass is 269 g/mol. The van der Waals surface area contributed by atoms with E-state index in [0.717, 1.165) is 31.4 Å². The molecule has 18 heavy (non-hydrogen) atoms. The van der Waals surface area contributed by atoms with Gasteiger partial charge in [0, 0.05) is 31.6 Å². The van der Waals surface area contributed by atoms with Gasteiger partial charge in [-0.3, -0.25) is 4.79 Å². The number of aliphatic hydroxyl groups excluding tert-OH is 1. The van der Waals surface area contributed by atoms with Gasteiger partial charge in [-0.1, -0.05) is 12.1 Å². The third-order valence-electron chi connectivity index (χ3n) is 2.85. The second-order valence-electron chi connectivity index (χ2n) is 4.34. The molecular formula is C14H20ClNO2. The third-order valence-corrected chi connectivity index (χ3v) is 3.16. The fraction of sp³-hybridized carbons (Fsp3) is 0.500. The van der Waals surface area contributed by atoms with Crippen LogP contribution < -0.4 is 0 Å². The van der Waals surface area contributed by atoms with E-state index in [0.29, 0.717) is 11.4 Å². The number of carbonyl (C=O) groups excluding carboxylic acids is 1. The van der Waals surface area contributed by atoms with E-state index in [2.05, 4.69) is 0 Å². The smallest absolute Gasteiger partial charge is 0.253 e. The second-order valence-corrected chi connectivity index (χ2v) is 4.61. The maximum absolute atomic E-state index is 12.1. The molecule has 100 valence electrons. The highest BCUT2D eigenvalue weighted by molar-refractivity contribution is 6.17. The summed E-state index contributed by atoms with van der Waals surface area (Å²) >= 11 is 5.70. The van der Waals surface area contributed by atoms with Crippen molar-refractivity contribution in [3.63, 3.8) is 0 Å². The van der Waals surface area contributed by atoms with Crippen molar-refractivity contribution < 1.29 is 9.90 Å². The summed E-state index contributed by atoms with van der Waals surface area (Å²) in [5.74, 6) is 0.492. The van der Waals surface area contributed by atoms with E-state index < -0.39 is 0 Å². The van der Waals surface area contributed by atoms with Gasteiger partial charge in [-0.15, -0.1) is 11.6 Å². The maximum Gasteiger partial charge on any atom is 0.253 e. The summed E-state index contributed by atoms with van der Waals surface area (Å²) in [5.41, 5.74) is 1.70. The van der Waals surface area contributed by atoms with Crippen LogP contribution in [0.5, 0.6) is 0 Å². The lowest BCUT2D eigenvalue weighted by atomic mass is 10.1. The molecule has 1 N–H and O–H groups in total. The van der Waals surface area contributed by atoms with Crippen LogP contribution in [0.2, 0.25) is 0 Å². The molecule has 0 saturated heterocycles. The molecule has 0 atom stereocenters. The first-order valence-electron chi connectivity index (χ1n) is 6.20. The number of carbonyl (C=O) groups is 1. The van der Waals surface area contributed by atoms with Crippen molar-refractivity contribution >= 4 is 17.5 Å². The first-order chi connectivity index (χ1) is 8.69. The topological polar surface area (TPSA) is 40.5 Å². The molecule has 0 unspecified atom stereocenters. The van der Waals surface area contributed by atoms with Crippen molar-refractivity contribution in [2.24, 2.45) is 0 Å². The molecule has 1 aromatic rings. The molecular weight excluding hydrogens is 250 g/mol. The summed E-state index contributed by atoms with van der Waals surface area (Å²) in [5, 5.41) is 8.68. The van der Waals surface area contributed by atoms with E-state index in [-0.39, 0.29) is 12.5 Å². The third kappa shape index (κ3) is 4.67. The molecule has 1 rings (SSSR count). The molecule has 0 aliphatic rings. The molecule has 0 radical (unpaired) electrons. The number of alkyl halides is 1. The van der Waals surface area contributed by atoms with Crippen LogP contribution in [-0.2, 0) is 5.88 Å². The largest absolute Gasteiger partial charge is 0.396 e. The van der Waals surface area contributed by atoms with Crippen LogP contribution in [-0.4, -0.2) is 36.1 Å². The first kappa shape index (κ1) is 15.0. The highest BCUT2D eigenvalue weighted by atomic mass is 35.5.